The average molecular weight is 873 g/mol. The Kier molecular flexibility index (Phi) is 14.9. The summed E-state index contributed by atoms with van der Waals surface area (Å²) in [5.41, 5.74) is 3.37. The molecule has 0 bridgehead atoms. The zero-order valence-corrected chi connectivity index (χ0v) is 35.8. The predicted octanol–water partition coefficient (Wildman–Crippen LogP) is 8.11. The smallest absolute Gasteiger partial charge is 0.336 e. The third-order valence-corrected chi connectivity index (χ3v) is 8.74. The van der Waals surface area contributed by atoms with Crippen molar-refractivity contribution in [3.63, 3.8) is 0 Å². The van der Waals surface area contributed by atoms with Gasteiger partial charge in [0.15, 0.2) is 0 Å². The van der Waals surface area contributed by atoms with Crippen LogP contribution in [0.15, 0.2) is 134 Å². The first-order valence-corrected chi connectivity index (χ1v) is 19.2. The molecule has 0 aliphatic carbocycles. The molecule has 0 unspecified atom stereocenters. The van der Waals surface area contributed by atoms with Gasteiger partial charge in [-0.2, -0.15) is 0 Å². The zero-order chi connectivity index (χ0) is 46.8. The number of rotatable bonds is 4. The summed E-state index contributed by atoms with van der Waals surface area (Å²) in [5, 5.41) is 3.32. The van der Waals surface area contributed by atoms with Crippen LogP contribution >= 0.6 is 0 Å². The van der Waals surface area contributed by atoms with E-state index in [-0.39, 0.29) is 0 Å². The maximum atomic E-state index is 11.2. The molecule has 8 rings (SSSR count). The zero-order valence-electron chi connectivity index (χ0n) is 35.8. The van der Waals surface area contributed by atoms with Gasteiger partial charge in [-0.3, -0.25) is 19.2 Å². The summed E-state index contributed by atoms with van der Waals surface area (Å²) in [4.78, 5) is 87.7. The number of hydrogen-bond donors (Lipinski definition) is 0. The quantitative estimate of drug-likeness (QED) is 0.0924. The molecule has 0 N–H and O–H groups in total. The van der Waals surface area contributed by atoms with Crippen LogP contribution in [0.4, 0.5) is 0 Å². The Morgan fingerprint density at radius 3 is 0.688 bits per heavy atom. The molecular formula is C48H40O16. The Morgan fingerprint density at radius 2 is 0.516 bits per heavy atom. The van der Waals surface area contributed by atoms with Gasteiger partial charge in [0.2, 0.25) is 0 Å². The van der Waals surface area contributed by atoms with Gasteiger partial charge in [0.1, 0.15) is 45.3 Å². The third-order valence-electron chi connectivity index (χ3n) is 8.74. The highest BCUT2D eigenvalue weighted by Gasteiger charge is 2.09. The molecule has 4 aromatic heterocycles. The number of ether oxygens (including phenoxy) is 4. The molecule has 0 amide bonds. The predicted molar refractivity (Wildman–Crippen MR) is 234 cm³/mol. The average Bonchev–Trinajstić information content (AvgIpc) is 3.17. The lowest BCUT2D eigenvalue weighted by molar-refractivity contribution is -0.132. The van der Waals surface area contributed by atoms with E-state index in [4.69, 9.17) is 36.6 Å². The summed E-state index contributed by atoms with van der Waals surface area (Å²) in [6.45, 7) is 12.6. The largest absolute Gasteiger partial charge is 0.427 e. The number of benzene rings is 4. The highest BCUT2D eigenvalue weighted by atomic mass is 16.5. The van der Waals surface area contributed by atoms with E-state index in [1.54, 1.807) is 48.5 Å². The van der Waals surface area contributed by atoms with E-state index in [1.807, 2.05) is 27.7 Å². The highest BCUT2D eigenvalue weighted by Crippen LogP contribution is 2.25. The van der Waals surface area contributed by atoms with E-state index in [0.717, 1.165) is 43.8 Å². The Bertz CT molecular complexity index is 2880. The summed E-state index contributed by atoms with van der Waals surface area (Å²) in [6.07, 6.45) is 0. The minimum atomic E-state index is -0.412. The van der Waals surface area contributed by atoms with E-state index in [9.17, 15) is 38.4 Å². The van der Waals surface area contributed by atoms with E-state index >= 15 is 0 Å². The lowest BCUT2D eigenvalue weighted by Crippen LogP contribution is -2.02. The van der Waals surface area contributed by atoms with Crippen LogP contribution in [-0.2, 0) is 19.2 Å². The summed E-state index contributed by atoms with van der Waals surface area (Å²) < 4.78 is 39.7. The van der Waals surface area contributed by atoms with Crippen LogP contribution in [0.2, 0.25) is 0 Å². The van der Waals surface area contributed by atoms with Crippen molar-refractivity contribution in [2.24, 2.45) is 0 Å². The van der Waals surface area contributed by atoms with Crippen LogP contribution < -0.4 is 41.4 Å². The number of carbonyl (C=O) groups is 4. The van der Waals surface area contributed by atoms with Gasteiger partial charge < -0.3 is 36.6 Å². The maximum Gasteiger partial charge on any atom is 0.336 e. The molecule has 0 saturated heterocycles. The minimum absolute atomic E-state index is 0.369. The molecule has 16 heteroatoms. The lowest BCUT2D eigenvalue weighted by atomic mass is 10.1. The van der Waals surface area contributed by atoms with Gasteiger partial charge in [-0.05, 0) is 98.5 Å². The van der Waals surface area contributed by atoms with Crippen LogP contribution in [0.1, 0.15) is 49.9 Å². The molecule has 0 fully saturated rings. The Balaban J connectivity index is 0.000000161. The third kappa shape index (κ3) is 12.8. The molecular weight excluding hydrogens is 833 g/mol. The molecule has 8 aromatic rings. The monoisotopic (exact) mass is 872 g/mol. The van der Waals surface area contributed by atoms with Gasteiger partial charge in [0, 0.05) is 97.8 Å². The Labute approximate surface area is 362 Å². The first-order chi connectivity index (χ1) is 30.2. The highest BCUT2D eigenvalue weighted by molar-refractivity contribution is 5.85. The Morgan fingerprint density at radius 1 is 0.328 bits per heavy atom. The van der Waals surface area contributed by atoms with Crippen molar-refractivity contribution in [1.82, 2.24) is 0 Å². The number of fused-ring (bicyclic) bond motifs is 4. The Hall–Kier alpha value is -8.40. The standard InChI is InChI=1S/4C12H10O4/c4*1-7-5-12(14)16-11-6-9(15-8(2)13)3-4-10(7)11/h4*3-6H,1-2H3. The second-order valence-corrected chi connectivity index (χ2v) is 14.0. The van der Waals surface area contributed by atoms with Gasteiger partial charge in [0.05, 0.1) is 0 Å². The fraction of sp³-hybridized carbons (Fsp3) is 0.167. The molecule has 0 radical (unpaired) electrons. The van der Waals surface area contributed by atoms with Crippen molar-refractivity contribution in [1.29, 1.82) is 0 Å². The van der Waals surface area contributed by atoms with Crippen LogP contribution in [-0.4, -0.2) is 23.9 Å². The van der Waals surface area contributed by atoms with Crippen molar-refractivity contribution in [2.75, 3.05) is 0 Å². The SMILES string of the molecule is CC(=O)Oc1ccc2c(C)cc(=O)oc2c1.CC(=O)Oc1ccc2c(C)cc(=O)oc2c1.CC(=O)Oc1ccc2c(C)cc(=O)oc2c1.CC(=O)Oc1ccc2c(C)cc(=O)oc2c1. The second-order valence-electron chi connectivity index (χ2n) is 14.0. The number of aryl methyl sites for hydroxylation is 4. The fourth-order valence-corrected chi connectivity index (χ4v) is 6.14. The molecule has 0 saturated carbocycles. The number of esters is 4. The van der Waals surface area contributed by atoms with Crippen LogP contribution in [0.25, 0.3) is 43.9 Å². The first kappa shape index (κ1) is 46.7. The lowest BCUT2D eigenvalue weighted by Gasteiger charge is -2.03. The topological polar surface area (TPSA) is 226 Å². The van der Waals surface area contributed by atoms with Gasteiger partial charge in [-0.1, -0.05) is 0 Å². The molecule has 16 nitrogen and oxygen atoms in total. The van der Waals surface area contributed by atoms with Gasteiger partial charge in [-0.25, -0.2) is 19.2 Å². The van der Waals surface area contributed by atoms with Crippen molar-refractivity contribution < 1.29 is 55.8 Å². The second kappa shape index (κ2) is 20.4. The first-order valence-electron chi connectivity index (χ1n) is 19.2. The number of carbonyl (C=O) groups excluding carboxylic acids is 4. The van der Waals surface area contributed by atoms with Crippen molar-refractivity contribution in [3.05, 3.63) is 161 Å². The molecule has 0 atom stereocenters. The van der Waals surface area contributed by atoms with Gasteiger partial charge >= 0.3 is 46.4 Å². The van der Waals surface area contributed by atoms with E-state index in [0.29, 0.717) is 45.3 Å². The summed E-state index contributed by atoms with van der Waals surface area (Å²) in [6, 6.07) is 25.5. The molecule has 0 aliphatic rings. The van der Waals surface area contributed by atoms with E-state index < -0.39 is 46.4 Å². The molecule has 0 aliphatic heterocycles. The van der Waals surface area contributed by atoms with Crippen LogP contribution in [0.3, 0.4) is 0 Å². The van der Waals surface area contributed by atoms with Gasteiger partial charge in [0.25, 0.3) is 0 Å². The van der Waals surface area contributed by atoms with Crippen molar-refractivity contribution in [2.45, 2.75) is 55.4 Å². The van der Waals surface area contributed by atoms with E-state index in [1.165, 1.54) is 76.2 Å². The van der Waals surface area contributed by atoms with E-state index in [2.05, 4.69) is 0 Å². The van der Waals surface area contributed by atoms with Crippen molar-refractivity contribution in [3.8, 4) is 23.0 Å². The van der Waals surface area contributed by atoms with Crippen LogP contribution in [0.5, 0.6) is 23.0 Å². The maximum absolute atomic E-state index is 11.2. The molecule has 0 spiro atoms. The summed E-state index contributed by atoms with van der Waals surface area (Å²) >= 11 is 0. The van der Waals surface area contributed by atoms with Gasteiger partial charge in [-0.15, -0.1) is 0 Å². The summed E-state index contributed by atoms with van der Waals surface area (Å²) in [7, 11) is 0. The molecule has 64 heavy (non-hydrogen) atoms. The number of hydrogen-bond acceptors (Lipinski definition) is 16. The molecule has 328 valence electrons. The van der Waals surface area contributed by atoms with Crippen molar-refractivity contribution >= 4 is 67.8 Å². The van der Waals surface area contributed by atoms with Crippen LogP contribution in [0, 0.1) is 27.7 Å². The summed E-state index contributed by atoms with van der Waals surface area (Å²) in [5.74, 6) is -0.155. The fourth-order valence-electron chi connectivity index (χ4n) is 6.14. The normalized spacial score (nSPS) is 10.4. The molecule has 4 heterocycles. The molecule has 4 aromatic carbocycles. The minimum Gasteiger partial charge on any atom is -0.427 e.